The normalized spacial score (nSPS) is 12.6. The largest absolute Gasteiger partial charge is 0.508 e. The van der Waals surface area contributed by atoms with Crippen molar-refractivity contribution in [3.63, 3.8) is 0 Å². The number of anilines is 2. The molecule has 8 nitrogen and oxygen atoms in total. The molecule has 2 aromatic rings. The van der Waals surface area contributed by atoms with Gasteiger partial charge in [-0.05, 0) is 36.4 Å². The number of ketones is 1. The Labute approximate surface area is 142 Å². The summed E-state index contributed by atoms with van der Waals surface area (Å²) in [6.07, 6.45) is 0. The van der Waals surface area contributed by atoms with Crippen LogP contribution >= 0.6 is 0 Å². The molecule has 0 fully saturated rings. The van der Waals surface area contributed by atoms with Crippen LogP contribution in [-0.4, -0.2) is 36.0 Å². The zero-order valence-electron chi connectivity index (χ0n) is 12.9. The van der Waals surface area contributed by atoms with E-state index in [4.69, 9.17) is 15.2 Å². The number of aromatic hydroxyl groups is 1. The van der Waals surface area contributed by atoms with Gasteiger partial charge >= 0.3 is 5.97 Å². The van der Waals surface area contributed by atoms with Gasteiger partial charge in [-0.2, -0.15) is 0 Å². The summed E-state index contributed by atoms with van der Waals surface area (Å²) in [7, 11) is 0. The maximum atomic E-state index is 12.2. The summed E-state index contributed by atoms with van der Waals surface area (Å²) >= 11 is 0. The maximum absolute atomic E-state index is 12.2. The van der Waals surface area contributed by atoms with Crippen molar-refractivity contribution in [1.82, 2.24) is 0 Å². The molecule has 1 aliphatic rings. The van der Waals surface area contributed by atoms with Crippen LogP contribution in [0.15, 0.2) is 36.4 Å². The molecular formula is C17H14N2O6. The number of nitrogen functional groups attached to an aromatic ring is 1. The highest BCUT2D eigenvalue weighted by Crippen LogP contribution is 2.28. The molecule has 128 valence electrons. The predicted molar refractivity (Wildman–Crippen MR) is 87.7 cm³/mol. The monoisotopic (exact) mass is 342 g/mol. The number of phenolic OH excluding ortho intramolecular Hbond substituents is 1. The summed E-state index contributed by atoms with van der Waals surface area (Å²) in [5.74, 6) is -1.28. The minimum Gasteiger partial charge on any atom is -0.508 e. The Morgan fingerprint density at radius 3 is 2.84 bits per heavy atom. The van der Waals surface area contributed by atoms with Crippen molar-refractivity contribution in [3.05, 3.63) is 47.5 Å². The number of nitrogens with one attached hydrogen (secondary N) is 1. The molecule has 1 amide bonds. The van der Waals surface area contributed by atoms with E-state index in [1.807, 2.05) is 0 Å². The molecule has 0 atom stereocenters. The standard InChI is InChI=1S/C17H14N2O6/c18-12-3-2-10(20)6-11(12)17(23)25-7-14(21)9-1-4-15-13(5-9)19-16(22)8-24-15/h1-6,20H,7-8,18H2,(H,19,22). The van der Waals surface area contributed by atoms with Crippen LogP contribution in [0.25, 0.3) is 0 Å². The SMILES string of the molecule is Nc1ccc(O)cc1C(=O)OCC(=O)c1ccc2c(c1)NC(=O)CO2. The number of benzene rings is 2. The molecule has 0 saturated carbocycles. The maximum Gasteiger partial charge on any atom is 0.340 e. The van der Waals surface area contributed by atoms with E-state index >= 15 is 0 Å². The van der Waals surface area contributed by atoms with Crippen LogP contribution in [-0.2, 0) is 9.53 Å². The number of phenols is 1. The van der Waals surface area contributed by atoms with E-state index in [1.54, 1.807) is 6.07 Å². The first kappa shape index (κ1) is 16.3. The number of esters is 1. The lowest BCUT2D eigenvalue weighted by Gasteiger charge is -2.18. The summed E-state index contributed by atoms with van der Waals surface area (Å²) in [6.45, 7) is -0.592. The smallest absolute Gasteiger partial charge is 0.340 e. The summed E-state index contributed by atoms with van der Waals surface area (Å²) in [5, 5.41) is 12.0. The quantitative estimate of drug-likeness (QED) is 0.331. The van der Waals surface area contributed by atoms with Crippen LogP contribution in [0.2, 0.25) is 0 Å². The van der Waals surface area contributed by atoms with Gasteiger partial charge in [0, 0.05) is 11.3 Å². The average Bonchev–Trinajstić information content (AvgIpc) is 2.60. The molecule has 0 spiro atoms. The first-order chi connectivity index (χ1) is 11.9. The number of amides is 1. The fraction of sp³-hybridized carbons (Fsp3) is 0.118. The number of Topliss-reactive ketones (excluding diaryl/α,β-unsaturated/α-hetero) is 1. The molecule has 8 heteroatoms. The van der Waals surface area contributed by atoms with Crippen molar-refractivity contribution in [1.29, 1.82) is 0 Å². The van der Waals surface area contributed by atoms with E-state index in [-0.39, 0.29) is 35.1 Å². The first-order valence-corrected chi connectivity index (χ1v) is 7.29. The van der Waals surface area contributed by atoms with Gasteiger partial charge in [0.1, 0.15) is 11.5 Å². The van der Waals surface area contributed by atoms with E-state index < -0.39 is 18.4 Å². The van der Waals surface area contributed by atoms with Crippen LogP contribution in [0.3, 0.4) is 0 Å². The minimum atomic E-state index is -0.823. The van der Waals surface area contributed by atoms with Crippen molar-refractivity contribution < 1.29 is 29.0 Å². The number of carbonyl (C=O) groups excluding carboxylic acids is 3. The first-order valence-electron chi connectivity index (χ1n) is 7.29. The molecule has 0 radical (unpaired) electrons. The van der Waals surface area contributed by atoms with E-state index in [1.165, 1.54) is 24.3 Å². The molecule has 4 N–H and O–H groups in total. The van der Waals surface area contributed by atoms with Gasteiger partial charge in [0.05, 0.1) is 11.3 Å². The van der Waals surface area contributed by atoms with Gasteiger partial charge in [-0.25, -0.2) is 4.79 Å². The Bertz CT molecular complexity index is 877. The molecular weight excluding hydrogens is 328 g/mol. The van der Waals surface area contributed by atoms with Crippen molar-refractivity contribution in [2.24, 2.45) is 0 Å². The van der Waals surface area contributed by atoms with Crippen molar-refractivity contribution >= 4 is 29.0 Å². The van der Waals surface area contributed by atoms with Crippen molar-refractivity contribution in [2.45, 2.75) is 0 Å². The Hall–Kier alpha value is -3.55. The zero-order valence-corrected chi connectivity index (χ0v) is 12.9. The molecule has 3 rings (SSSR count). The third-order valence-electron chi connectivity index (χ3n) is 3.53. The molecule has 1 aliphatic heterocycles. The zero-order chi connectivity index (χ0) is 18.0. The predicted octanol–water partition coefficient (Wildman–Crippen LogP) is 1.34. The van der Waals surface area contributed by atoms with Gasteiger partial charge in [-0.1, -0.05) is 0 Å². The third kappa shape index (κ3) is 3.52. The topological polar surface area (TPSA) is 128 Å². The molecule has 0 aliphatic carbocycles. The fourth-order valence-corrected chi connectivity index (χ4v) is 2.27. The number of hydrogen-bond donors (Lipinski definition) is 3. The summed E-state index contributed by atoms with van der Waals surface area (Å²) < 4.78 is 10.2. The van der Waals surface area contributed by atoms with Crippen molar-refractivity contribution in [2.75, 3.05) is 24.3 Å². The fourth-order valence-electron chi connectivity index (χ4n) is 2.27. The van der Waals surface area contributed by atoms with Gasteiger partial charge in [-0.15, -0.1) is 0 Å². The van der Waals surface area contributed by atoms with Gasteiger partial charge in [0.15, 0.2) is 19.0 Å². The second-order valence-electron chi connectivity index (χ2n) is 5.32. The number of carbonyl (C=O) groups is 3. The highest BCUT2D eigenvalue weighted by molar-refractivity contribution is 6.03. The second-order valence-corrected chi connectivity index (χ2v) is 5.32. The highest BCUT2D eigenvalue weighted by Gasteiger charge is 2.19. The van der Waals surface area contributed by atoms with Crippen LogP contribution in [0.5, 0.6) is 11.5 Å². The van der Waals surface area contributed by atoms with E-state index in [0.29, 0.717) is 11.4 Å². The average molecular weight is 342 g/mol. The number of hydrogen-bond acceptors (Lipinski definition) is 7. The molecule has 1 heterocycles. The van der Waals surface area contributed by atoms with E-state index in [9.17, 15) is 19.5 Å². The second kappa shape index (κ2) is 6.52. The summed E-state index contributed by atoms with van der Waals surface area (Å²) in [4.78, 5) is 35.5. The Morgan fingerprint density at radius 2 is 2.04 bits per heavy atom. The van der Waals surface area contributed by atoms with Gasteiger partial charge in [-0.3, -0.25) is 9.59 Å². The van der Waals surface area contributed by atoms with Crippen LogP contribution < -0.4 is 15.8 Å². The molecule has 25 heavy (non-hydrogen) atoms. The summed E-state index contributed by atoms with van der Waals surface area (Å²) in [5.41, 5.74) is 6.38. The highest BCUT2D eigenvalue weighted by atomic mass is 16.5. The summed E-state index contributed by atoms with van der Waals surface area (Å²) in [6, 6.07) is 8.37. The molecule has 0 bridgehead atoms. The lowest BCUT2D eigenvalue weighted by molar-refractivity contribution is -0.118. The third-order valence-corrected chi connectivity index (χ3v) is 3.53. The number of ether oxygens (including phenoxy) is 2. The van der Waals surface area contributed by atoms with Gasteiger partial charge in [0.2, 0.25) is 0 Å². The molecule has 0 unspecified atom stereocenters. The molecule has 2 aromatic carbocycles. The van der Waals surface area contributed by atoms with Crippen LogP contribution in [0.1, 0.15) is 20.7 Å². The Balaban J connectivity index is 1.68. The van der Waals surface area contributed by atoms with Gasteiger partial charge < -0.3 is 25.6 Å². The Kier molecular flexibility index (Phi) is 4.25. The van der Waals surface area contributed by atoms with E-state index in [0.717, 1.165) is 6.07 Å². The van der Waals surface area contributed by atoms with Crippen LogP contribution in [0.4, 0.5) is 11.4 Å². The number of fused-ring (bicyclic) bond motifs is 1. The number of rotatable bonds is 4. The Morgan fingerprint density at radius 1 is 1.24 bits per heavy atom. The van der Waals surface area contributed by atoms with Crippen molar-refractivity contribution in [3.8, 4) is 11.5 Å². The molecule has 0 aromatic heterocycles. The van der Waals surface area contributed by atoms with E-state index in [2.05, 4.69) is 5.32 Å². The lowest BCUT2D eigenvalue weighted by atomic mass is 10.1. The van der Waals surface area contributed by atoms with Gasteiger partial charge in [0.25, 0.3) is 5.91 Å². The minimum absolute atomic E-state index is 0.0288. The lowest BCUT2D eigenvalue weighted by Crippen LogP contribution is -2.25. The molecule has 0 saturated heterocycles. The van der Waals surface area contributed by atoms with Crippen LogP contribution in [0, 0.1) is 0 Å². The number of nitrogens with two attached hydrogens (primary N) is 1.